The number of amides is 1. The number of morpholine rings is 1. The molecule has 1 saturated heterocycles. The Kier molecular flexibility index (Phi) is 5.47. The van der Waals surface area contributed by atoms with Gasteiger partial charge in [-0.3, -0.25) is 9.59 Å². The lowest BCUT2D eigenvalue weighted by atomic mass is 9.54. The maximum absolute atomic E-state index is 13.1. The third-order valence-electron chi connectivity index (χ3n) is 8.81. The molecule has 4 aliphatic rings. The predicted molar refractivity (Wildman–Crippen MR) is 116 cm³/mol. The molecule has 1 aromatic carbocycles. The minimum absolute atomic E-state index is 0.133. The fourth-order valence-electron chi connectivity index (χ4n) is 7.33. The van der Waals surface area contributed by atoms with E-state index in [2.05, 4.69) is 31.2 Å². The molecule has 3 aliphatic carbocycles. The van der Waals surface area contributed by atoms with Crippen LogP contribution in [-0.4, -0.2) is 42.9 Å². The summed E-state index contributed by atoms with van der Waals surface area (Å²) in [7, 11) is 0. The van der Waals surface area contributed by atoms with Gasteiger partial charge in [0.25, 0.3) is 0 Å². The van der Waals surface area contributed by atoms with Gasteiger partial charge in [-0.15, -0.1) is 0 Å². The van der Waals surface area contributed by atoms with Crippen molar-refractivity contribution in [2.75, 3.05) is 26.3 Å². The number of hydrogen-bond acceptors (Lipinski definition) is 3. The molecule has 1 amide bonds. The molecule has 0 radical (unpaired) electrons. The van der Waals surface area contributed by atoms with Crippen LogP contribution in [0.25, 0.3) is 0 Å². The van der Waals surface area contributed by atoms with Crippen molar-refractivity contribution in [2.45, 2.75) is 64.2 Å². The Morgan fingerprint density at radius 3 is 2.83 bits per heavy atom. The summed E-state index contributed by atoms with van der Waals surface area (Å²) in [5.74, 6) is 2.96. The van der Waals surface area contributed by atoms with Crippen molar-refractivity contribution in [2.24, 2.45) is 23.2 Å². The van der Waals surface area contributed by atoms with Crippen LogP contribution in [0.3, 0.4) is 0 Å². The molecule has 0 unspecified atom stereocenters. The normalized spacial score (nSPS) is 35.5. The second-order valence-electron chi connectivity index (χ2n) is 10.3. The first kappa shape index (κ1) is 20.2. The van der Waals surface area contributed by atoms with Gasteiger partial charge in [0.05, 0.1) is 13.2 Å². The zero-order valence-electron chi connectivity index (χ0n) is 18.3. The van der Waals surface area contributed by atoms with Gasteiger partial charge in [-0.1, -0.05) is 31.2 Å². The highest BCUT2D eigenvalue weighted by molar-refractivity contribution is 5.87. The Hall–Kier alpha value is -1.68. The van der Waals surface area contributed by atoms with Crippen molar-refractivity contribution in [3.8, 4) is 0 Å². The van der Waals surface area contributed by atoms with E-state index in [4.69, 9.17) is 4.74 Å². The molecule has 5 atom stereocenters. The number of Topliss-reactive ketones (excluding diaryl/α,β-unsaturated/α-hetero) is 1. The van der Waals surface area contributed by atoms with E-state index in [1.165, 1.54) is 12.0 Å². The first-order valence-electron chi connectivity index (χ1n) is 12.0. The highest BCUT2D eigenvalue weighted by Crippen LogP contribution is 2.62. The summed E-state index contributed by atoms with van der Waals surface area (Å²) in [6, 6.07) is 8.98. The van der Waals surface area contributed by atoms with E-state index in [9.17, 15) is 9.59 Å². The lowest BCUT2D eigenvalue weighted by Crippen LogP contribution is -2.44. The van der Waals surface area contributed by atoms with Crippen molar-refractivity contribution in [1.82, 2.24) is 4.90 Å². The van der Waals surface area contributed by atoms with Crippen molar-refractivity contribution >= 4 is 11.7 Å². The predicted octanol–water partition coefficient (Wildman–Crippen LogP) is 4.37. The van der Waals surface area contributed by atoms with Crippen molar-refractivity contribution < 1.29 is 14.3 Å². The molecule has 0 bridgehead atoms. The molecule has 162 valence electrons. The van der Waals surface area contributed by atoms with Crippen molar-refractivity contribution in [3.05, 3.63) is 35.4 Å². The van der Waals surface area contributed by atoms with Gasteiger partial charge in [-0.25, -0.2) is 0 Å². The van der Waals surface area contributed by atoms with Crippen LogP contribution in [-0.2, 0) is 20.7 Å². The fraction of sp³-hybridized carbons (Fsp3) is 0.692. The molecule has 0 spiro atoms. The molecular formula is C26H35NO3. The van der Waals surface area contributed by atoms with Gasteiger partial charge in [0, 0.05) is 31.3 Å². The van der Waals surface area contributed by atoms with Crippen LogP contribution in [0.15, 0.2) is 24.3 Å². The summed E-state index contributed by atoms with van der Waals surface area (Å²) < 4.78 is 5.36. The van der Waals surface area contributed by atoms with Crippen LogP contribution < -0.4 is 0 Å². The largest absolute Gasteiger partial charge is 0.378 e. The van der Waals surface area contributed by atoms with E-state index in [1.54, 1.807) is 5.56 Å². The maximum Gasteiger partial charge on any atom is 0.222 e. The Labute approximate surface area is 180 Å². The topological polar surface area (TPSA) is 46.6 Å². The molecule has 2 saturated carbocycles. The van der Waals surface area contributed by atoms with Crippen molar-refractivity contribution in [1.29, 1.82) is 0 Å². The first-order valence-corrected chi connectivity index (χ1v) is 12.0. The number of carbonyl (C=O) groups is 2. The highest BCUT2D eigenvalue weighted by atomic mass is 16.5. The Morgan fingerprint density at radius 2 is 2.00 bits per heavy atom. The van der Waals surface area contributed by atoms with Gasteiger partial charge in [0.15, 0.2) is 0 Å². The van der Waals surface area contributed by atoms with E-state index >= 15 is 0 Å². The fourth-order valence-corrected chi connectivity index (χ4v) is 7.33. The smallest absolute Gasteiger partial charge is 0.222 e. The Balaban J connectivity index is 1.28. The number of rotatable bonds is 4. The van der Waals surface area contributed by atoms with Gasteiger partial charge in [0.2, 0.25) is 5.91 Å². The van der Waals surface area contributed by atoms with Gasteiger partial charge < -0.3 is 9.64 Å². The Bertz CT molecular complexity index is 814. The number of benzene rings is 1. The van der Waals surface area contributed by atoms with Crippen molar-refractivity contribution in [3.63, 3.8) is 0 Å². The molecular weight excluding hydrogens is 374 g/mol. The summed E-state index contributed by atoms with van der Waals surface area (Å²) in [5.41, 5.74) is 2.95. The molecule has 1 heterocycles. The third-order valence-corrected chi connectivity index (χ3v) is 8.81. The standard InChI is InChI=1S/C26H35NO3/c1-26-12-11-21-20-7-3-2-5-18(20)9-10-22(21)25(26)19(17-23(26)28)6-4-8-24(29)27-13-15-30-16-14-27/h2-3,5,7,19,21-22,25H,4,6,8-17H2,1H3/t19-,21-,22-,25+,26-/m1/s1. The molecule has 1 aliphatic heterocycles. The molecule has 0 aromatic heterocycles. The second-order valence-corrected chi connectivity index (χ2v) is 10.3. The summed E-state index contributed by atoms with van der Waals surface area (Å²) >= 11 is 0. The molecule has 0 N–H and O–H groups in total. The first-order chi connectivity index (χ1) is 14.6. The van der Waals surface area contributed by atoms with Crippen LogP contribution in [0, 0.1) is 23.2 Å². The van der Waals surface area contributed by atoms with E-state index in [0.717, 1.165) is 51.6 Å². The number of carbonyl (C=O) groups excluding carboxylic acids is 2. The minimum atomic E-state index is -0.133. The average molecular weight is 410 g/mol. The minimum Gasteiger partial charge on any atom is -0.378 e. The molecule has 4 heteroatoms. The zero-order valence-corrected chi connectivity index (χ0v) is 18.3. The Morgan fingerprint density at radius 1 is 1.20 bits per heavy atom. The number of ketones is 1. The van der Waals surface area contributed by atoms with Gasteiger partial charge in [0.1, 0.15) is 5.78 Å². The number of hydrogen-bond donors (Lipinski definition) is 0. The molecule has 4 nitrogen and oxygen atoms in total. The second kappa shape index (κ2) is 8.11. The zero-order chi connectivity index (χ0) is 20.7. The molecule has 3 fully saturated rings. The van der Waals surface area contributed by atoms with E-state index in [1.807, 2.05) is 4.90 Å². The SMILES string of the molecule is C[C@]12CC[C@@H]3c4ccccc4CC[C@H]3[C@@H]1[C@H](CCCC(=O)N1CCOCC1)CC2=O. The maximum atomic E-state index is 13.1. The van der Waals surface area contributed by atoms with Crippen LogP contribution >= 0.6 is 0 Å². The molecule has 30 heavy (non-hydrogen) atoms. The number of ether oxygens (including phenoxy) is 1. The number of nitrogens with zero attached hydrogens (tertiary/aromatic N) is 1. The van der Waals surface area contributed by atoms with Gasteiger partial charge >= 0.3 is 0 Å². The van der Waals surface area contributed by atoms with Crippen LogP contribution in [0.2, 0.25) is 0 Å². The van der Waals surface area contributed by atoms with Gasteiger partial charge in [-0.05, 0) is 73.3 Å². The summed E-state index contributed by atoms with van der Waals surface area (Å²) in [5, 5.41) is 0. The van der Waals surface area contributed by atoms with E-state index in [0.29, 0.717) is 49.1 Å². The highest BCUT2D eigenvalue weighted by Gasteiger charge is 2.58. The van der Waals surface area contributed by atoms with Crippen LogP contribution in [0.5, 0.6) is 0 Å². The van der Waals surface area contributed by atoms with E-state index < -0.39 is 0 Å². The summed E-state index contributed by atoms with van der Waals surface area (Å²) in [6.07, 6.45) is 7.85. The summed E-state index contributed by atoms with van der Waals surface area (Å²) in [4.78, 5) is 27.6. The van der Waals surface area contributed by atoms with Crippen LogP contribution in [0.4, 0.5) is 0 Å². The summed E-state index contributed by atoms with van der Waals surface area (Å²) in [6.45, 7) is 5.03. The lowest BCUT2D eigenvalue weighted by molar-refractivity contribution is -0.135. The average Bonchev–Trinajstić information content (AvgIpc) is 3.04. The molecule has 5 rings (SSSR count). The molecule has 1 aromatic rings. The number of fused-ring (bicyclic) bond motifs is 5. The lowest BCUT2D eigenvalue weighted by Gasteiger charge is -2.50. The monoisotopic (exact) mass is 409 g/mol. The number of aryl methyl sites for hydroxylation is 1. The third kappa shape index (κ3) is 3.41. The quantitative estimate of drug-likeness (QED) is 0.742. The van der Waals surface area contributed by atoms with Crippen LogP contribution in [0.1, 0.15) is 68.9 Å². The van der Waals surface area contributed by atoms with Gasteiger partial charge in [-0.2, -0.15) is 0 Å². The van der Waals surface area contributed by atoms with E-state index in [-0.39, 0.29) is 11.3 Å².